The van der Waals surface area contributed by atoms with Crippen molar-refractivity contribution in [1.82, 2.24) is 10.2 Å². The van der Waals surface area contributed by atoms with Crippen molar-refractivity contribution in [2.24, 2.45) is 0 Å². The van der Waals surface area contributed by atoms with E-state index in [9.17, 15) is 14.4 Å². The zero-order valence-corrected chi connectivity index (χ0v) is 12.4. The Morgan fingerprint density at radius 3 is 2.57 bits per heavy atom. The number of rotatable bonds is 7. The van der Waals surface area contributed by atoms with Crippen LogP contribution in [-0.4, -0.2) is 48.4 Å². The average molecular weight is 296 g/mol. The lowest BCUT2D eigenvalue weighted by Crippen LogP contribution is -2.45. The number of amides is 2. The van der Waals surface area contributed by atoms with Crippen LogP contribution in [0.1, 0.15) is 31.3 Å². The van der Waals surface area contributed by atoms with E-state index in [1.54, 1.807) is 17.9 Å². The van der Waals surface area contributed by atoms with Crippen LogP contribution in [0.25, 0.3) is 0 Å². The van der Waals surface area contributed by atoms with E-state index in [1.807, 2.05) is 13.8 Å². The van der Waals surface area contributed by atoms with E-state index in [-0.39, 0.29) is 31.5 Å². The van der Waals surface area contributed by atoms with Gasteiger partial charge in [-0.2, -0.15) is 0 Å². The minimum atomic E-state index is -0.607. The maximum Gasteiger partial charge on any atom is 0.320 e. The second-order valence-electron chi connectivity index (χ2n) is 4.66. The molecule has 1 aromatic rings. The third-order valence-electron chi connectivity index (χ3n) is 2.71. The third kappa shape index (κ3) is 5.78. The Morgan fingerprint density at radius 2 is 2.05 bits per heavy atom. The van der Waals surface area contributed by atoms with Crippen molar-refractivity contribution >= 4 is 17.8 Å². The van der Waals surface area contributed by atoms with Gasteiger partial charge in [0.05, 0.1) is 26.0 Å². The average Bonchev–Trinajstić information content (AvgIpc) is 2.91. The number of ether oxygens (including phenoxy) is 1. The van der Waals surface area contributed by atoms with Crippen LogP contribution in [0.2, 0.25) is 0 Å². The van der Waals surface area contributed by atoms with Crippen molar-refractivity contribution in [3.05, 3.63) is 24.2 Å². The topological polar surface area (TPSA) is 88.9 Å². The Balaban J connectivity index is 2.52. The van der Waals surface area contributed by atoms with Gasteiger partial charge in [-0.1, -0.05) is 0 Å². The van der Waals surface area contributed by atoms with Crippen molar-refractivity contribution in [1.29, 1.82) is 0 Å². The minimum absolute atomic E-state index is 0.00608. The summed E-state index contributed by atoms with van der Waals surface area (Å²) in [7, 11) is 0. The smallest absolute Gasteiger partial charge is 0.320 e. The number of carbonyl (C=O) groups excluding carboxylic acids is 3. The molecule has 0 saturated heterocycles. The maximum atomic E-state index is 11.8. The number of imide groups is 1. The zero-order valence-electron chi connectivity index (χ0n) is 12.4. The molecule has 21 heavy (non-hydrogen) atoms. The quantitative estimate of drug-likeness (QED) is 0.749. The fourth-order valence-electron chi connectivity index (χ4n) is 1.61. The SMILES string of the molecule is CCOC(=O)CN(CC(=O)NC(=O)c1ccco1)C(C)C. The zero-order chi connectivity index (χ0) is 15.8. The molecule has 0 atom stereocenters. The molecule has 7 nitrogen and oxygen atoms in total. The van der Waals surface area contributed by atoms with Gasteiger partial charge in [0.15, 0.2) is 5.76 Å². The van der Waals surface area contributed by atoms with Gasteiger partial charge in [-0.15, -0.1) is 0 Å². The highest BCUT2D eigenvalue weighted by molar-refractivity contribution is 6.03. The molecule has 0 unspecified atom stereocenters. The van der Waals surface area contributed by atoms with Crippen LogP contribution < -0.4 is 5.32 Å². The Kier molecular flexibility index (Phi) is 6.61. The summed E-state index contributed by atoms with van der Waals surface area (Å²) in [6.45, 7) is 5.61. The first kappa shape index (κ1) is 16.9. The van der Waals surface area contributed by atoms with E-state index in [4.69, 9.17) is 9.15 Å². The Labute approximate surface area is 123 Å². The number of nitrogens with one attached hydrogen (secondary N) is 1. The molecule has 0 aliphatic heterocycles. The number of furan rings is 1. The van der Waals surface area contributed by atoms with Gasteiger partial charge in [0, 0.05) is 6.04 Å². The summed E-state index contributed by atoms with van der Waals surface area (Å²) in [5, 5.41) is 2.21. The highest BCUT2D eigenvalue weighted by Crippen LogP contribution is 2.01. The Morgan fingerprint density at radius 1 is 1.33 bits per heavy atom. The van der Waals surface area contributed by atoms with Crippen LogP contribution in [0.4, 0.5) is 0 Å². The standard InChI is InChI=1S/C14H20N2O5/c1-4-20-13(18)9-16(10(2)3)8-12(17)15-14(19)11-6-5-7-21-11/h5-7,10H,4,8-9H2,1-3H3,(H,15,17,19). The molecule has 1 heterocycles. The predicted molar refractivity (Wildman–Crippen MR) is 74.5 cm³/mol. The molecule has 7 heteroatoms. The molecule has 0 saturated carbocycles. The highest BCUT2D eigenvalue weighted by Gasteiger charge is 2.20. The molecular formula is C14H20N2O5. The van der Waals surface area contributed by atoms with Gasteiger partial charge in [0.1, 0.15) is 0 Å². The second kappa shape index (κ2) is 8.21. The molecule has 0 aliphatic rings. The molecule has 0 fully saturated rings. The van der Waals surface area contributed by atoms with Crippen LogP contribution in [0.3, 0.4) is 0 Å². The van der Waals surface area contributed by atoms with Crippen LogP contribution >= 0.6 is 0 Å². The van der Waals surface area contributed by atoms with E-state index in [0.717, 1.165) is 0 Å². The van der Waals surface area contributed by atoms with Crippen molar-refractivity contribution in [3.8, 4) is 0 Å². The minimum Gasteiger partial charge on any atom is -0.465 e. The molecule has 0 aromatic carbocycles. The van der Waals surface area contributed by atoms with Crippen molar-refractivity contribution in [3.63, 3.8) is 0 Å². The van der Waals surface area contributed by atoms with Crippen LogP contribution in [0.15, 0.2) is 22.8 Å². The first-order chi connectivity index (χ1) is 9.93. The molecule has 0 radical (unpaired) electrons. The summed E-state index contributed by atoms with van der Waals surface area (Å²) in [4.78, 5) is 36.6. The lowest BCUT2D eigenvalue weighted by molar-refractivity contribution is -0.145. The van der Waals surface area contributed by atoms with Crippen molar-refractivity contribution < 1.29 is 23.5 Å². The third-order valence-corrected chi connectivity index (χ3v) is 2.71. The Hall–Kier alpha value is -2.15. The molecule has 0 bridgehead atoms. The molecule has 1 N–H and O–H groups in total. The van der Waals surface area contributed by atoms with Crippen molar-refractivity contribution in [2.75, 3.05) is 19.7 Å². The predicted octanol–water partition coefficient (Wildman–Crippen LogP) is 0.810. The number of hydrogen-bond donors (Lipinski definition) is 1. The molecular weight excluding hydrogens is 276 g/mol. The van der Waals surface area contributed by atoms with Gasteiger partial charge in [-0.05, 0) is 32.9 Å². The second-order valence-corrected chi connectivity index (χ2v) is 4.66. The first-order valence-corrected chi connectivity index (χ1v) is 6.71. The lowest BCUT2D eigenvalue weighted by atomic mass is 10.3. The number of carbonyl (C=O) groups is 3. The summed E-state index contributed by atoms with van der Waals surface area (Å²) >= 11 is 0. The van der Waals surface area contributed by atoms with Gasteiger partial charge in [0.25, 0.3) is 5.91 Å². The lowest BCUT2D eigenvalue weighted by Gasteiger charge is -2.24. The van der Waals surface area contributed by atoms with E-state index in [2.05, 4.69) is 5.32 Å². The van der Waals surface area contributed by atoms with Gasteiger partial charge in [-0.3, -0.25) is 24.6 Å². The number of esters is 1. The van der Waals surface area contributed by atoms with E-state index in [0.29, 0.717) is 0 Å². The monoisotopic (exact) mass is 296 g/mol. The number of hydrogen-bond acceptors (Lipinski definition) is 6. The van der Waals surface area contributed by atoms with Crippen LogP contribution in [0, 0.1) is 0 Å². The normalized spacial score (nSPS) is 10.7. The van der Waals surface area contributed by atoms with E-state index in [1.165, 1.54) is 12.3 Å². The summed E-state index contributed by atoms with van der Waals surface area (Å²) in [6.07, 6.45) is 1.35. The fourth-order valence-corrected chi connectivity index (χ4v) is 1.61. The van der Waals surface area contributed by atoms with E-state index < -0.39 is 17.8 Å². The fraction of sp³-hybridized carbons (Fsp3) is 0.500. The number of nitrogens with zero attached hydrogens (tertiary/aromatic N) is 1. The summed E-state index contributed by atoms with van der Waals surface area (Å²) in [6, 6.07) is 2.97. The van der Waals surface area contributed by atoms with Crippen LogP contribution in [0.5, 0.6) is 0 Å². The highest BCUT2D eigenvalue weighted by atomic mass is 16.5. The van der Waals surface area contributed by atoms with Gasteiger partial charge >= 0.3 is 5.97 Å². The molecule has 0 aliphatic carbocycles. The summed E-state index contributed by atoms with van der Waals surface area (Å²) in [5.74, 6) is -1.46. The Bertz CT molecular complexity index is 482. The van der Waals surface area contributed by atoms with Crippen LogP contribution in [-0.2, 0) is 14.3 Å². The first-order valence-electron chi connectivity index (χ1n) is 6.71. The van der Waals surface area contributed by atoms with Gasteiger partial charge in [0.2, 0.25) is 5.91 Å². The van der Waals surface area contributed by atoms with Gasteiger partial charge < -0.3 is 9.15 Å². The van der Waals surface area contributed by atoms with Crippen molar-refractivity contribution in [2.45, 2.75) is 26.8 Å². The molecule has 116 valence electrons. The molecule has 1 rings (SSSR count). The maximum absolute atomic E-state index is 11.8. The van der Waals surface area contributed by atoms with E-state index >= 15 is 0 Å². The molecule has 2 amide bonds. The molecule has 0 spiro atoms. The largest absolute Gasteiger partial charge is 0.465 e. The molecule has 1 aromatic heterocycles. The summed E-state index contributed by atoms with van der Waals surface area (Å²) in [5.41, 5.74) is 0. The summed E-state index contributed by atoms with van der Waals surface area (Å²) < 4.78 is 9.74. The van der Waals surface area contributed by atoms with Gasteiger partial charge in [-0.25, -0.2) is 0 Å².